The molecule has 10 nitrogen and oxygen atoms in total. The van der Waals surface area contributed by atoms with Gasteiger partial charge in [0.25, 0.3) is 5.91 Å². The summed E-state index contributed by atoms with van der Waals surface area (Å²) in [7, 11) is 0. The molecule has 2 aromatic carbocycles. The Hall–Kier alpha value is -3.02. The number of aromatic nitrogens is 1. The number of anilines is 1. The van der Waals surface area contributed by atoms with Gasteiger partial charge in [-0.1, -0.05) is 83.6 Å². The number of nitrogens with zero attached hydrogens (tertiary/aromatic N) is 3. The summed E-state index contributed by atoms with van der Waals surface area (Å²) in [5.74, 6) is -1.00. The number of hydrogen-bond acceptors (Lipinski definition) is 6. The molecule has 3 atom stereocenters. The van der Waals surface area contributed by atoms with Crippen LogP contribution in [0.25, 0.3) is 22.6 Å². The molecule has 14 heteroatoms. The summed E-state index contributed by atoms with van der Waals surface area (Å²) < 4.78 is 5.57. The van der Waals surface area contributed by atoms with Crippen LogP contribution in [0.15, 0.2) is 53.1 Å². The van der Waals surface area contributed by atoms with Crippen molar-refractivity contribution in [3.63, 3.8) is 0 Å². The number of aliphatic hydroxyl groups excluding tert-OH is 1. The summed E-state index contributed by atoms with van der Waals surface area (Å²) in [6.45, 7) is 3.50. The molecule has 224 valence electrons. The van der Waals surface area contributed by atoms with Crippen molar-refractivity contribution in [2.75, 3.05) is 18.0 Å². The van der Waals surface area contributed by atoms with Crippen LogP contribution in [0.5, 0.6) is 0 Å². The highest BCUT2D eigenvalue weighted by Gasteiger charge is 2.40. The Morgan fingerprint density at radius 3 is 2.40 bits per heavy atom. The number of alkyl halides is 2. The molecule has 0 aliphatic carbocycles. The molecule has 0 spiro atoms. The monoisotopic (exact) mass is 656 g/mol. The van der Waals surface area contributed by atoms with E-state index in [1.165, 1.54) is 4.90 Å². The maximum atomic E-state index is 13.2. The molecule has 3 amide bonds. The number of hydrogen-bond donors (Lipinski definition) is 3. The molecule has 4 rings (SSSR count). The van der Waals surface area contributed by atoms with E-state index in [1.54, 1.807) is 48.5 Å². The first-order valence-electron chi connectivity index (χ1n) is 13.0. The third kappa shape index (κ3) is 7.12. The molecular formula is C28H28Cl4N4O6. The van der Waals surface area contributed by atoms with Crippen LogP contribution in [-0.2, 0) is 9.59 Å². The van der Waals surface area contributed by atoms with Crippen molar-refractivity contribution in [2.45, 2.75) is 43.3 Å². The van der Waals surface area contributed by atoms with E-state index in [0.29, 0.717) is 38.3 Å². The summed E-state index contributed by atoms with van der Waals surface area (Å²) in [5.41, 5.74) is 1.94. The van der Waals surface area contributed by atoms with Crippen LogP contribution in [-0.4, -0.2) is 74.3 Å². The zero-order chi connectivity index (χ0) is 30.7. The van der Waals surface area contributed by atoms with Crippen LogP contribution in [0.1, 0.15) is 20.3 Å². The fourth-order valence-electron chi connectivity index (χ4n) is 4.71. The number of halogens is 4. The van der Waals surface area contributed by atoms with Crippen LogP contribution < -0.4 is 10.2 Å². The second-order valence-electron chi connectivity index (χ2n) is 10.2. The van der Waals surface area contributed by atoms with E-state index >= 15 is 0 Å². The van der Waals surface area contributed by atoms with E-state index < -0.39 is 40.9 Å². The maximum absolute atomic E-state index is 13.2. The van der Waals surface area contributed by atoms with Crippen molar-refractivity contribution >= 4 is 70.0 Å². The SMILES string of the molecule is CC(C)[C@@H](CN(C(=O)C(Cl)Cl)c1cccc(-c2cc(-c3c(Cl)cccc3Cl)no2)c1)NC(=O)C1CC(O)CN1C(=O)O. The van der Waals surface area contributed by atoms with Gasteiger partial charge in [-0.25, -0.2) is 4.79 Å². The van der Waals surface area contributed by atoms with E-state index in [2.05, 4.69) is 10.5 Å². The molecular weight excluding hydrogens is 630 g/mol. The quantitative estimate of drug-likeness (QED) is 0.251. The molecule has 1 aliphatic heterocycles. The lowest BCUT2D eigenvalue weighted by Gasteiger charge is -2.32. The lowest BCUT2D eigenvalue weighted by atomic mass is 10.0. The first-order valence-corrected chi connectivity index (χ1v) is 14.6. The predicted molar refractivity (Wildman–Crippen MR) is 161 cm³/mol. The summed E-state index contributed by atoms with van der Waals surface area (Å²) in [6, 6.07) is 11.9. The Kier molecular flexibility index (Phi) is 10.3. The van der Waals surface area contributed by atoms with Crippen LogP contribution >= 0.6 is 46.4 Å². The Bertz CT molecular complexity index is 1450. The van der Waals surface area contributed by atoms with E-state index in [4.69, 9.17) is 50.9 Å². The molecule has 2 unspecified atom stereocenters. The van der Waals surface area contributed by atoms with Crippen molar-refractivity contribution in [1.29, 1.82) is 0 Å². The van der Waals surface area contributed by atoms with Gasteiger partial charge in [0.15, 0.2) is 10.6 Å². The minimum absolute atomic E-state index is 0.0269. The van der Waals surface area contributed by atoms with Crippen LogP contribution in [0.4, 0.5) is 10.5 Å². The van der Waals surface area contributed by atoms with Gasteiger partial charge in [0, 0.05) is 41.9 Å². The topological polar surface area (TPSA) is 136 Å². The number of β-amino-alcohol motifs (C(OH)–C–C–N with tert-alkyl or cyclic N) is 1. The van der Waals surface area contributed by atoms with E-state index in [0.717, 1.165) is 4.90 Å². The first-order chi connectivity index (χ1) is 19.9. The summed E-state index contributed by atoms with van der Waals surface area (Å²) >= 11 is 24.7. The molecule has 3 aromatic rings. The summed E-state index contributed by atoms with van der Waals surface area (Å²) in [6.07, 6.45) is -2.28. The Balaban J connectivity index is 1.61. The van der Waals surface area contributed by atoms with Gasteiger partial charge >= 0.3 is 6.09 Å². The van der Waals surface area contributed by atoms with Crippen LogP contribution in [0.2, 0.25) is 10.0 Å². The number of aliphatic hydroxyl groups is 1. The zero-order valence-electron chi connectivity index (χ0n) is 22.5. The number of carboxylic acid groups (broad SMARTS) is 1. The molecule has 0 saturated carbocycles. The van der Waals surface area contributed by atoms with E-state index in [-0.39, 0.29) is 25.4 Å². The van der Waals surface area contributed by atoms with Crippen molar-refractivity contribution in [3.05, 3.63) is 58.6 Å². The molecule has 0 bridgehead atoms. The van der Waals surface area contributed by atoms with Crippen molar-refractivity contribution < 1.29 is 29.1 Å². The Morgan fingerprint density at radius 1 is 1.12 bits per heavy atom. The number of rotatable bonds is 9. The largest absolute Gasteiger partial charge is 0.465 e. The molecule has 1 aromatic heterocycles. The number of likely N-dealkylation sites (tertiary alicyclic amines) is 1. The smallest absolute Gasteiger partial charge is 0.408 e. The molecule has 2 heterocycles. The fourth-order valence-corrected chi connectivity index (χ4v) is 5.54. The highest BCUT2D eigenvalue weighted by atomic mass is 35.5. The maximum Gasteiger partial charge on any atom is 0.408 e. The molecule has 0 radical (unpaired) electrons. The highest BCUT2D eigenvalue weighted by Crippen LogP contribution is 2.36. The fraction of sp³-hybridized carbons (Fsp3) is 0.357. The summed E-state index contributed by atoms with van der Waals surface area (Å²) in [5, 5.41) is 27.2. The lowest BCUT2D eigenvalue weighted by Crippen LogP contribution is -2.54. The van der Waals surface area contributed by atoms with Gasteiger partial charge in [-0.15, -0.1) is 0 Å². The third-order valence-corrected chi connectivity index (χ3v) is 7.97. The Morgan fingerprint density at radius 2 is 1.79 bits per heavy atom. The van der Waals surface area contributed by atoms with Gasteiger partial charge in [-0.3, -0.25) is 14.5 Å². The van der Waals surface area contributed by atoms with Gasteiger partial charge in [-0.05, 0) is 30.2 Å². The van der Waals surface area contributed by atoms with Gasteiger partial charge in [-0.2, -0.15) is 0 Å². The number of nitrogens with one attached hydrogen (secondary N) is 1. The molecule has 1 aliphatic rings. The number of benzene rings is 2. The first kappa shape index (κ1) is 31.9. The second-order valence-corrected chi connectivity index (χ2v) is 12.1. The summed E-state index contributed by atoms with van der Waals surface area (Å²) in [4.78, 5) is 38.8. The van der Waals surface area contributed by atoms with Crippen molar-refractivity contribution in [2.24, 2.45) is 5.92 Å². The molecule has 1 saturated heterocycles. The van der Waals surface area contributed by atoms with E-state index in [9.17, 15) is 24.6 Å². The van der Waals surface area contributed by atoms with Gasteiger partial charge in [0.05, 0.1) is 22.7 Å². The van der Waals surface area contributed by atoms with Gasteiger partial charge < -0.3 is 25.0 Å². The van der Waals surface area contributed by atoms with Crippen LogP contribution in [0, 0.1) is 5.92 Å². The third-order valence-electron chi connectivity index (χ3n) is 6.96. The number of carbonyl (C=O) groups is 3. The molecule has 3 N–H and O–H groups in total. The highest BCUT2D eigenvalue weighted by molar-refractivity contribution is 6.54. The van der Waals surface area contributed by atoms with Crippen LogP contribution in [0.3, 0.4) is 0 Å². The molecule has 1 fully saturated rings. The predicted octanol–water partition coefficient (Wildman–Crippen LogP) is 5.71. The lowest BCUT2D eigenvalue weighted by molar-refractivity contribution is -0.126. The number of amides is 3. The van der Waals surface area contributed by atoms with Gasteiger partial charge in [0.2, 0.25) is 5.91 Å². The van der Waals surface area contributed by atoms with Gasteiger partial charge in [0.1, 0.15) is 11.7 Å². The minimum atomic E-state index is -1.40. The average molecular weight is 658 g/mol. The molecule has 42 heavy (non-hydrogen) atoms. The Labute approximate surface area is 262 Å². The zero-order valence-corrected chi connectivity index (χ0v) is 25.5. The minimum Gasteiger partial charge on any atom is -0.465 e. The van der Waals surface area contributed by atoms with E-state index in [1.807, 2.05) is 13.8 Å². The van der Waals surface area contributed by atoms with Crippen molar-refractivity contribution in [1.82, 2.24) is 15.4 Å². The standard InChI is InChI=1S/C28H28Cl4N4O6/c1-14(2)21(33-26(38)22-10-17(37)12-36(22)28(40)41)13-35(27(39)25(31)32)16-6-3-5-15(9-16)23-11-20(34-42-23)24-18(29)7-4-8-19(24)30/h3-9,11,14,17,21-22,25,37H,10,12-13H2,1-2H3,(H,33,38)(H,40,41)/t17?,21-,22?/m1/s1. The normalized spacial score (nSPS) is 17.5. The number of carbonyl (C=O) groups excluding carboxylic acids is 2. The van der Waals surface area contributed by atoms with Crippen molar-refractivity contribution in [3.8, 4) is 22.6 Å². The second kappa shape index (κ2) is 13.5. The average Bonchev–Trinajstić information content (AvgIpc) is 3.58.